The summed E-state index contributed by atoms with van der Waals surface area (Å²) in [5.41, 5.74) is 0.407. The summed E-state index contributed by atoms with van der Waals surface area (Å²) in [7, 11) is 3.79. The lowest BCUT2D eigenvalue weighted by Crippen LogP contribution is -2.31. The van der Waals surface area contributed by atoms with Crippen LogP contribution in [0.5, 0.6) is 5.88 Å². The summed E-state index contributed by atoms with van der Waals surface area (Å²) in [5, 5.41) is 9.02. The molecule has 1 fully saturated rings. The maximum absolute atomic E-state index is 12.6. The van der Waals surface area contributed by atoms with Crippen molar-refractivity contribution in [3.05, 3.63) is 45.9 Å². The Morgan fingerprint density at radius 1 is 1.24 bits per heavy atom. The Balaban J connectivity index is 1.63. The van der Waals surface area contributed by atoms with E-state index in [-0.39, 0.29) is 12.0 Å². The minimum atomic E-state index is -0.146. The van der Waals surface area contributed by atoms with Crippen LogP contribution < -0.4 is 9.64 Å². The molecule has 1 aliphatic rings. The van der Waals surface area contributed by atoms with E-state index >= 15 is 0 Å². The number of nitrogens with zero attached hydrogens (tertiary/aromatic N) is 4. The first kappa shape index (κ1) is 17.8. The zero-order chi connectivity index (χ0) is 18.0. The maximum atomic E-state index is 12.6. The highest BCUT2D eigenvalue weighted by molar-refractivity contribution is 6.35. The normalized spacial score (nSPS) is 16.8. The lowest BCUT2D eigenvalue weighted by Gasteiger charge is -2.18. The van der Waals surface area contributed by atoms with Crippen molar-refractivity contribution in [1.29, 1.82) is 0 Å². The summed E-state index contributed by atoms with van der Waals surface area (Å²) in [6.45, 7) is 1.06. The molecule has 132 valence electrons. The molecule has 1 atom stereocenters. The fourth-order valence-electron chi connectivity index (χ4n) is 2.63. The van der Waals surface area contributed by atoms with Gasteiger partial charge in [0.2, 0.25) is 5.88 Å². The van der Waals surface area contributed by atoms with E-state index in [9.17, 15) is 4.79 Å². The number of benzene rings is 1. The van der Waals surface area contributed by atoms with Gasteiger partial charge in [0.25, 0.3) is 5.91 Å². The number of ether oxygens (including phenoxy) is 1. The highest BCUT2D eigenvalue weighted by Crippen LogP contribution is 2.25. The Labute approximate surface area is 156 Å². The van der Waals surface area contributed by atoms with Crippen LogP contribution in [0.4, 0.5) is 5.82 Å². The van der Waals surface area contributed by atoms with Crippen molar-refractivity contribution in [2.24, 2.45) is 0 Å². The molecule has 8 heteroatoms. The van der Waals surface area contributed by atoms with Gasteiger partial charge in [-0.2, -0.15) is 0 Å². The monoisotopic (exact) mass is 380 g/mol. The molecule has 1 aliphatic heterocycles. The molecule has 2 aromatic rings. The molecule has 0 N–H and O–H groups in total. The molecule has 0 spiro atoms. The van der Waals surface area contributed by atoms with Gasteiger partial charge in [0, 0.05) is 38.1 Å². The third-order valence-electron chi connectivity index (χ3n) is 3.96. The van der Waals surface area contributed by atoms with Crippen molar-refractivity contribution in [3.63, 3.8) is 0 Å². The number of hydrogen-bond donors (Lipinski definition) is 0. The second kappa shape index (κ2) is 7.45. The molecule has 0 radical (unpaired) electrons. The minimum Gasteiger partial charge on any atom is -0.471 e. The van der Waals surface area contributed by atoms with Crippen molar-refractivity contribution < 1.29 is 9.53 Å². The third kappa shape index (κ3) is 4.14. The summed E-state index contributed by atoms with van der Waals surface area (Å²) in [6, 6.07) is 8.49. The number of hydrogen-bond acceptors (Lipinski definition) is 5. The van der Waals surface area contributed by atoms with E-state index in [0.29, 0.717) is 34.6 Å². The molecule has 0 bridgehead atoms. The van der Waals surface area contributed by atoms with Crippen LogP contribution in [0.25, 0.3) is 0 Å². The predicted molar refractivity (Wildman–Crippen MR) is 97.8 cm³/mol. The zero-order valence-corrected chi connectivity index (χ0v) is 15.5. The van der Waals surface area contributed by atoms with Crippen molar-refractivity contribution in [3.8, 4) is 5.88 Å². The zero-order valence-electron chi connectivity index (χ0n) is 13.9. The van der Waals surface area contributed by atoms with E-state index in [1.54, 1.807) is 29.2 Å². The predicted octanol–water partition coefficient (Wildman–Crippen LogP) is 3.14. The molecular formula is C17H18Cl2N4O2. The minimum absolute atomic E-state index is 0.124. The van der Waals surface area contributed by atoms with Crippen LogP contribution in [0, 0.1) is 0 Å². The van der Waals surface area contributed by atoms with E-state index in [0.717, 1.165) is 12.2 Å². The molecule has 2 heterocycles. The van der Waals surface area contributed by atoms with Gasteiger partial charge in [0.15, 0.2) is 5.82 Å². The van der Waals surface area contributed by atoms with Crippen molar-refractivity contribution in [2.45, 2.75) is 12.5 Å². The summed E-state index contributed by atoms with van der Waals surface area (Å²) >= 11 is 12.1. The fraction of sp³-hybridized carbons (Fsp3) is 0.353. The van der Waals surface area contributed by atoms with Gasteiger partial charge < -0.3 is 14.5 Å². The second-order valence-corrected chi connectivity index (χ2v) is 6.87. The standard InChI is InChI=1S/C17H18Cl2N4O2/c1-22(2)15-5-6-16(21-20-15)25-12-7-8-23(10-12)17(24)13-9-11(18)3-4-14(13)19/h3-6,9,12H,7-8,10H2,1-2H3. The number of amides is 1. The molecule has 25 heavy (non-hydrogen) atoms. The Morgan fingerprint density at radius 2 is 2.04 bits per heavy atom. The van der Waals surface area contributed by atoms with Gasteiger partial charge in [-0.15, -0.1) is 10.2 Å². The number of likely N-dealkylation sites (tertiary alicyclic amines) is 1. The Hall–Kier alpha value is -2.05. The van der Waals surface area contributed by atoms with E-state index in [1.807, 2.05) is 25.1 Å². The molecule has 0 saturated carbocycles. The van der Waals surface area contributed by atoms with Gasteiger partial charge in [-0.25, -0.2) is 0 Å². The first-order valence-electron chi connectivity index (χ1n) is 7.86. The topological polar surface area (TPSA) is 58.6 Å². The van der Waals surface area contributed by atoms with Gasteiger partial charge >= 0.3 is 0 Å². The first-order chi connectivity index (χ1) is 11.9. The van der Waals surface area contributed by atoms with Crippen molar-refractivity contribution >= 4 is 34.9 Å². The number of carbonyl (C=O) groups is 1. The molecule has 1 aromatic heterocycles. The van der Waals surface area contributed by atoms with Crippen molar-refractivity contribution in [1.82, 2.24) is 15.1 Å². The number of halogens is 2. The molecule has 6 nitrogen and oxygen atoms in total. The average Bonchev–Trinajstić information content (AvgIpc) is 3.05. The van der Waals surface area contributed by atoms with Gasteiger partial charge in [-0.1, -0.05) is 23.2 Å². The van der Waals surface area contributed by atoms with Crippen LogP contribution in [-0.4, -0.2) is 54.3 Å². The number of anilines is 1. The van der Waals surface area contributed by atoms with E-state index in [1.165, 1.54) is 0 Å². The Kier molecular flexibility index (Phi) is 5.30. The van der Waals surface area contributed by atoms with Crippen LogP contribution >= 0.6 is 23.2 Å². The Bertz CT molecular complexity index is 768. The second-order valence-electron chi connectivity index (χ2n) is 6.03. The summed E-state index contributed by atoms with van der Waals surface area (Å²) in [5.74, 6) is 1.06. The highest BCUT2D eigenvalue weighted by atomic mass is 35.5. The lowest BCUT2D eigenvalue weighted by atomic mass is 10.2. The molecule has 1 amide bonds. The largest absolute Gasteiger partial charge is 0.471 e. The van der Waals surface area contributed by atoms with Gasteiger partial charge in [-0.05, 0) is 24.3 Å². The summed E-state index contributed by atoms with van der Waals surface area (Å²) < 4.78 is 5.84. The van der Waals surface area contributed by atoms with E-state index < -0.39 is 0 Å². The third-order valence-corrected chi connectivity index (χ3v) is 4.53. The Morgan fingerprint density at radius 3 is 2.72 bits per heavy atom. The molecule has 0 aliphatic carbocycles. The maximum Gasteiger partial charge on any atom is 0.255 e. The molecule has 1 saturated heterocycles. The number of rotatable bonds is 4. The van der Waals surface area contributed by atoms with Gasteiger partial charge in [0.1, 0.15) is 6.10 Å². The molecule has 1 unspecified atom stereocenters. The van der Waals surface area contributed by atoms with Gasteiger partial charge in [-0.3, -0.25) is 4.79 Å². The number of carbonyl (C=O) groups excluding carboxylic acids is 1. The first-order valence-corrected chi connectivity index (χ1v) is 8.61. The summed E-state index contributed by atoms with van der Waals surface area (Å²) in [6.07, 6.45) is 0.600. The quantitative estimate of drug-likeness (QED) is 0.815. The van der Waals surface area contributed by atoms with Crippen LogP contribution in [-0.2, 0) is 0 Å². The van der Waals surface area contributed by atoms with E-state index in [2.05, 4.69) is 10.2 Å². The van der Waals surface area contributed by atoms with Crippen LogP contribution in [0.1, 0.15) is 16.8 Å². The summed E-state index contributed by atoms with van der Waals surface area (Å²) in [4.78, 5) is 16.2. The van der Waals surface area contributed by atoms with Crippen molar-refractivity contribution in [2.75, 3.05) is 32.1 Å². The van der Waals surface area contributed by atoms with Crippen LogP contribution in [0.2, 0.25) is 10.0 Å². The smallest absolute Gasteiger partial charge is 0.255 e. The average molecular weight is 381 g/mol. The molecule has 1 aromatic carbocycles. The van der Waals surface area contributed by atoms with E-state index in [4.69, 9.17) is 27.9 Å². The number of aromatic nitrogens is 2. The molecular weight excluding hydrogens is 363 g/mol. The highest BCUT2D eigenvalue weighted by Gasteiger charge is 2.29. The molecule has 3 rings (SSSR count). The fourth-order valence-corrected chi connectivity index (χ4v) is 3.00. The van der Waals surface area contributed by atoms with Crippen LogP contribution in [0.15, 0.2) is 30.3 Å². The van der Waals surface area contributed by atoms with Gasteiger partial charge in [0.05, 0.1) is 17.1 Å². The van der Waals surface area contributed by atoms with Crippen LogP contribution in [0.3, 0.4) is 0 Å². The lowest BCUT2D eigenvalue weighted by molar-refractivity contribution is 0.0771. The SMILES string of the molecule is CN(C)c1ccc(OC2CCN(C(=O)c3cc(Cl)ccc3Cl)C2)nn1.